The lowest BCUT2D eigenvalue weighted by Crippen LogP contribution is -2.29. The highest BCUT2D eigenvalue weighted by Gasteiger charge is 2.15. The van der Waals surface area contributed by atoms with Crippen molar-refractivity contribution in [2.45, 2.75) is 39.3 Å². The van der Waals surface area contributed by atoms with Gasteiger partial charge in [-0.05, 0) is 18.8 Å². The summed E-state index contributed by atoms with van der Waals surface area (Å²) in [5.41, 5.74) is 4.00. The van der Waals surface area contributed by atoms with Crippen LogP contribution in [0.4, 0.5) is 0 Å². The lowest BCUT2D eigenvalue weighted by molar-refractivity contribution is 0.149. The average molecular weight is 240 g/mol. The molecule has 0 aliphatic heterocycles. The number of nitrogens with two attached hydrogens (primary N) is 1. The summed E-state index contributed by atoms with van der Waals surface area (Å²) in [4.78, 5) is 0. The standard InChI is InChI=1S/C12H24N4O/c1-4-5-16-8-11(7-14-16)12(15-13)6-10(2)9-17-3/h7-8,10,12,15H,4-6,9,13H2,1-3H3. The Morgan fingerprint density at radius 3 is 2.94 bits per heavy atom. The molecule has 0 saturated carbocycles. The van der Waals surface area contributed by atoms with Gasteiger partial charge in [0.15, 0.2) is 0 Å². The van der Waals surface area contributed by atoms with Crippen molar-refractivity contribution in [3.05, 3.63) is 18.0 Å². The predicted molar refractivity (Wildman–Crippen MR) is 68.2 cm³/mol. The first kappa shape index (κ1) is 14.2. The molecule has 5 nitrogen and oxygen atoms in total. The Morgan fingerprint density at radius 2 is 2.35 bits per heavy atom. The van der Waals surface area contributed by atoms with Crippen LogP contribution in [0.1, 0.15) is 38.3 Å². The summed E-state index contributed by atoms with van der Waals surface area (Å²) in [6, 6.07) is 0.144. The van der Waals surface area contributed by atoms with Crippen LogP contribution in [0, 0.1) is 5.92 Å². The van der Waals surface area contributed by atoms with E-state index in [0.29, 0.717) is 5.92 Å². The number of rotatable bonds is 8. The average Bonchev–Trinajstić information content (AvgIpc) is 2.75. The maximum absolute atomic E-state index is 5.60. The summed E-state index contributed by atoms with van der Waals surface area (Å²) in [5, 5.41) is 4.32. The van der Waals surface area contributed by atoms with E-state index in [2.05, 4.69) is 30.6 Å². The van der Waals surface area contributed by atoms with Crippen LogP contribution in [0.3, 0.4) is 0 Å². The fourth-order valence-corrected chi connectivity index (χ4v) is 1.97. The second kappa shape index (κ2) is 7.42. The fraction of sp³-hybridized carbons (Fsp3) is 0.750. The van der Waals surface area contributed by atoms with E-state index in [0.717, 1.165) is 31.6 Å². The summed E-state index contributed by atoms with van der Waals surface area (Å²) >= 11 is 0. The van der Waals surface area contributed by atoms with Gasteiger partial charge >= 0.3 is 0 Å². The Balaban J connectivity index is 2.58. The first-order chi connectivity index (χ1) is 8.21. The summed E-state index contributed by atoms with van der Waals surface area (Å²) in [5.74, 6) is 6.07. The largest absolute Gasteiger partial charge is 0.384 e. The zero-order chi connectivity index (χ0) is 12.7. The highest BCUT2D eigenvalue weighted by atomic mass is 16.5. The number of ether oxygens (including phenoxy) is 1. The molecule has 3 N–H and O–H groups in total. The first-order valence-electron chi connectivity index (χ1n) is 6.18. The van der Waals surface area contributed by atoms with Gasteiger partial charge in [0.25, 0.3) is 0 Å². The smallest absolute Gasteiger partial charge is 0.0538 e. The zero-order valence-corrected chi connectivity index (χ0v) is 11.0. The number of hydrogen-bond donors (Lipinski definition) is 2. The van der Waals surface area contributed by atoms with Gasteiger partial charge in [-0.25, -0.2) is 0 Å². The van der Waals surface area contributed by atoms with Crippen LogP contribution in [-0.4, -0.2) is 23.5 Å². The van der Waals surface area contributed by atoms with Crippen LogP contribution in [0.5, 0.6) is 0 Å². The van der Waals surface area contributed by atoms with E-state index in [1.165, 1.54) is 0 Å². The molecular formula is C12H24N4O. The molecule has 0 aliphatic carbocycles. The van der Waals surface area contributed by atoms with Gasteiger partial charge in [0, 0.05) is 38.1 Å². The number of methoxy groups -OCH3 is 1. The Kier molecular flexibility index (Phi) is 6.18. The van der Waals surface area contributed by atoms with E-state index >= 15 is 0 Å². The lowest BCUT2D eigenvalue weighted by Gasteiger charge is -2.18. The molecular weight excluding hydrogens is 216 g/mol. The minimum atomic E-state index is 0.144. The molecule has 1 rings (SSSR count). The van der Waals surface area contributed by atoms with Gasteiger partial charge in [0.1, 0.15) is 0 Å². The van der Waals surface area contributed by atoms with Crippen molar-refractivity contribution in [3.8, 4) is 0 Å². The van der Waals surface area contributed by atoms with E-state index in [1.54, 1.807) is 7.11 Å². The number of aryl methyl sites for hydroxylation is 1. The van der Waals surface area contributed by atoms with Crippen LogP contribution in [0.2, 0.25) is 0 Å². The molecule has 0 aliphatic rings. The van der Waals surface area contributed by atoms with Crippen molar-refractivity contribution in [1.29, 1.82) is 0 Å². The fourth-order valence-electron chi connectivity index (χ4n) is 1.97. The van der Waals surface area contributed by atoms with Gasteiger partial charge in [-0.2, -0.15) is 5.10 Å². The number of hydrogen-bond acceptors (Lipinski definition) is 4. The van der Waals surface area contributed by atoms with Crippen LogP contribution >= 0.6 is 0 Å². The third-order valence-electron chi connectivity index (χ3n) is 2.80. The molecule has 17 heavy (non-hydrogen) atoms. The molecule has 1 aromatic rings. The molecule has 2 unspecified atom stereocenters. The molecule has 98 valence electrons. The minimum absolute atomic E-state index is 0.144. The van der Waals surface area contributed by atoms with Crippen molar-refractivity contribution in [2.24, 2.45) is 11.8 Å². The maximum atomic E-state index is 5.60. The molecule has 5 heteroatoms. The third kappa shape index (κ3) is 4.46. The molecule has 0 saturated heterocycles. The van der Waals surface area contributed by atoms with Crippen LogP contribution in [-0.2, 0) is 11.3 Å². The van der Waals surface area contributed by atoms with Gasteiger partial charge in [0.2, 0.25) is 0 Å². The Labute approximate surface area is 103 Å². The molecule has 0 aromatic carbocycles. The number of hydrazine groups is 1. The van der Waals surface area contributed by atoms with E-state index < -0.39 is 0 Å². The normalized spacial score (nSPS) is 14.8. The highest BCUT2D eigenvalue weighted by Crippen LogP contribution is 2.20. The van der Waals surface area contributed by atoms with Gasteiger partial charge in [-0.15, -0.1) is 0 Å². The summed E-state index contributed by atoms with van der Waals surface area (Å²) < 4.78 is 7.10. The minimum Gasteiger partial charge on any atom is -0.384 e. The van der Waals surface area contributed by atoms with Gasteiger partial charge in [-0.3, -0.25) is 16.0 Å². The summed E-state index contributed by atoms with van der Waals surface area (Å²) in [7, 11) is 1.72. The Morgan fingerprint density at radius 1 is 1.59 bits per heavy atom. The summed E-state index contributed by atoms with van der Waals surface area (Å²) in [6.07, 6.45) is 5.98. The second-order valence-corrected chi connectivity index (χ2v) is 4.55. The lowest BCUT2D eigenvalue weighted by atomic mass is 9.99. The Bertz CT molecular complexity index is 313. The molecule has 1 heterocycles. The van der Waals surface area contributed by atoms with E-state index in [9.17, 15) is 0 Å². The van der Waals surface area contributed by atoms with Gasteiger partial charge in [0.05, 0.1) is 6.20 Å². The first-order valence-corrected chi connectivity index (χ1v) is 6.18. The summed E-state index contributed by atoms with van der Waals surface area (Å²) in [6.45, 7) is 6.00. The number of aromatic nitrogens is 2. The van der Waals surface area contributed by atoms with Crippen molar-refractivity contribution in [3.63, 3.8) is 0 Å². The molecule has 0 spiro atoms. The zero-order valence-electron chi connectivity index (χ0n) is 11.0. The SMILES string of the molecule is CCCn1cc(C(CC(C)COC)NN)cn1. The Hall–Kier alpha value is -0.910. The molecule has 0 bridgehead atoms. The second-order valence-electron chi connectivity index (χ2n) is 4.55. The predicted octanol–water partition coefficient (Wildman–Crippen LogP) is 1.47. The monoisotopic (exact) mass is 240 g/mol. The van der Waals surface area contributed by atoms with E-state index in [1.807, 2.05) is 10.9 Å². The van der Waals surface area contributed by atoms with Gasteiger partial charge < -0.3 is 4.74 Å². The van der Waals surface area contributed by atoms with E-state index in [-0.39, 0.29) is 6.04 Å². The van der Waals surface area contributed by atoms with Crippen LogP contribution in [0.15, 0.2) is 12.4 Å². The molecule has 2 atom stereocenters. The van der Waals surface area contributed by atoms with Crippen LogP contribution in [0.25, 0.3) is 0 Å². The van der Waals surface area contributed by atoms with Crippen LogP contribution < -0.4 is 11.3 Å². The topological polar surface area (TPSA) is 65.1 Å². The van der Waals surface area contributed by atoms with Crippen molar-refractivity contribution >= 4 is 0 Å². The van der Waals surface area contributed by atoms with Crippen molar-refractivity contribution in [1.82, 2.24) is 15.2 Å². The van der Waals surface area contributed by atoms with Crippen molar-refractivity contribution < 1.29 is 4.74 Å². The highest BCUT2D eigenvalue weighted by molar-refractivity contribution is 5.10. The molecule has 0 amide bonds. The molecule has 0 fully saturated rings. The molecule has 0 radical (unpaired) electrons. The number of nitrogens with zero attached hydrogens (tertiary/aromatic N) is 2. The van der Waals surface area contributed by atoms with Gasteiger partial charge in [-0.1, -0.05) is 13.8 Å². The maximum Gasteiger partial charge on any atom is 0.0538 e. The quantitative estimate of drug-likeness (QED) is 0.533. The third-order valence-corrected chi connectivity index (χ3v) is 2.80. The van der Waals surface area contributed by atoms with E-state index in [4.69, 9.17) is 10.6 Å². The van der Waals surface area contributed by atoms with Crippen molar-refractivity contribution in [2.75, 3.05) is 13.7 Å². The number of nitrogens with one attached hydrogen (secondary N) is 1. The molecule has 1 aromatic heterocycles.